The molecule has 0 amide bonds. The van der Waals surface area contributed by atoms with E-state index in [0.717, 1.165) is 17.8 Å². The van der Waals surface area contributed by atoms with Crippen molar-refractivity contribution in [3.8, 4) is 0 Å². The minimum absolute atomic E-state index is 0.470. The molecule has 2 rings (SSSR count). The molecule has 0 heterocycles. The third kappa shape index (κ3) is 2.96. The molecule has 2 N–H and O–H groups in total. The van der Waals surface area contributed by atoms with Crippen LogP contribution in [0.2, 0.25) is 10.0 Å². The Kier molecular flexibility index (Phi) is 4.23. The van der Waals surface area contributed by atoms with Crippen molar-refractivity contribution in [1.29, 1.82) is 0 Å². The molecule has 0 aromatic heterocycles. The number of aryl methyl sites for hydroxylation is 1. The van der Waals surface area contributed by atoms with Gasteiger partial charge >= 0.3 is 0 Å². The van der Waals surface area contributed by atoms with Crippen molar-refractivity contribution < 1.29 is 0 Å². The Bertz CT molecular complexity index is 579. The number of rotatable bonds is 3. The number of nitrogens with zero attached hydrogens (tertiary/aromatic N) is 1. The van der Waals surface area contributed by atoms with Gasteiger partial charge in [0.05, 0.1) is 21.4 Å². The van der Waals surface area contributed by atoms with Crippen molar-refractivity contribution >= 4 is 40.3 Å². The van der Waals surface area contributed by atoms with Gasteiger partial charge < -0.3 is 10.6 Å². The van der Waals surface area contributed by atoms with E-state index in [1.165, 1.54) is 5.56 Å². The van der Waals surface area contributed by atoms with Crippen LogP contribution in [0, 0.1) is 0 Å². The van der Waals surface area contributed by atoms with Gasteiger partial charge in [0, 0.05) is 12.7 Å². The zero-order valence-electron chi connectivity index (χ0n) is 11.0. The van der Waals surface area contributed by atoms with Crippen LogP contribution in [0.3, 0.4) is 0 Å². The Morgan fingerprint density at radius 2 is 1.63 bits per heavy atom. The molecule has 0 unspecified atom stereocenters. The molecule has 0 aliphatic carbocycles. The molecule has 0 fully saturated rings. The quantitative estimate of drug-likeness (QED) is 0.815. The molecule has 0 aliphatic rings. The maximum atomic E-state index is 6.05. The van der Waals surface area contributed by atoms with Gasteiger partial charge in [-0.1, -0.05) is 42.3 Å². The van der Waals surface area contributed by atoms with Crippen LogP contribution in [0.25, 0.3) is 0 Å². The van der Waals surface area contributed by atoms with Gasteiger partial charge in [-0.25, -0.2) is 0 Å². The molecular formula is C15H16Cl2N2. The molecule has 0 spiro atoms. The summed E-state index contributed by atoms with van der Waals surface area (Å²) in [6.07, 6.45) is 1.03. The molecule has 19 heavy (non-hydrogen) atoms. The zero-order valence-corrected chi connectivity index (χ0v) is 12.5. The Labute approximate surface area is 123 Å². The Hall–Kier alpha value is -1.38. The molecule has 2 aromatic carbocycles. The normalized spacial score (nSPS) is 10.5. The van der Waals surface area contributed by atoms with E-state index in [0.29, 0.717) is 15.7 Å². The summed E-state index contributed by atoms with van der Waals surface area (Å²) < 4.78 is 0. The Balaban J connectivity index is 2.37. The number of halogens is 2. The Morgan fingerprint density at radius 1 is 1.05 bits per heavy atom. The summed E-state index contributed by atoms with van der Waals surface area (Å²) in [4.78, 5) is 2.00. The number of hydrogen-bond donors (Lipinski definition) is 1. The summed E-state index contributed by atoms with van der Waals surface area (Å²) in [5.41, 5.74) is 9.82. The fourth-order valence-electron chi connectivity index (χ4n) is 1.94. The van der Waals surface area contributed by atoms with Crippen LogP contribution in [-0.2, 0) is 6.42 Å². The number of anilines is 3. The van der Waals surface area contributed by atoms with Crippen molar-refractivity contribution in [2.24, 2.45) is 0 Å². The van der Waals surface area contributed by atoms with Gasteiger partial charge in [0.15, 0.2) is 0 Å². The van der Waals surface area contributed by atoms with E-state index < -0.39 is 0 Å². The second kappa shape index (κ2) is 5.72. The molecule has 0 atom stereocenters. The molecule has 0 aliphatic heterocycles. The summed E-state index contributed by atoms with van der Waals surface area (Å²) in [5, 5.41) is 0.973. The highest BCUT2D eigenvalue weighted by Gasteiger charge is 2.10. The average Bonchev–Trinajstić information content (AvgIpc) is 2.42. The van der Waals surface area contributed by atoms with Gasteiger partial charge in [0.1, 0.15) is 0 Å². The lowest BCUT2D eigenvalue weighted by Crippen LogP contribution is -2.11. The zero-order chi connectivity index (χ0) is 14.0. The van der Waals surface area contributed by atoms with E-state index in [9.17, 15) is 0 Å². The van der Waals surface area contributed by atoms with Gasteiger partial charge in [-0.15, -0.1) is 0 Å². The molecule has 0 radical (unpaired) electrons. The number of nitrogens with two attached hydrogens (primary N) is 1. The lowest BCUT2D eigenvalue weighted by Gasteiger charge is -2.22. The fraction of sp³-hybridized carbons (Fsp3) is 0.200. The molecule has 0 saturated heterocycles. The van der Waals surface area contributed by atoms with E-state index in [4.69, 9.17) is 28.9 Å². The summed E-state index contributed by atoms with van der Waals surface area (Å²) in [7, 11) is 1.96. The summed E-state index contributed by atoms with van der Waals surface area (Å²) in [6.45, 7) is 2.13. The van der Waals surface area contributed by atoms with Crippen LogP contribution in [0.15, 0.2) is 36.4 Å². The van der Waals surface area contributed by atoms with Crippen LogP contribution < -0.4 is 10.6 Å². The Morgan fingerprint density at radius 3 is 2.21 bits per heavy atom. The highest BCUT2D eigenvalue weighted by molar-refractivity contribution is 6.42. The molecule has 0 saturated carbocycles. The van der Waals surface area contributed by atoms with Gasteiger partial charge in [-0.05, 0) is 36.2 Å². The second-order valence-electron chi connectivity index (χ2n) is 4.40. The van der Waals surface area contributed by atoms with Crippen molar-refractivity contribution in [3.05, 3.63) is 52.0 Å². The van der Waals surface area contributed by atoms with Gasteiger partial charge in [0.25, 0.3) is 0 Å². The standard InChI is InChI=1S/C15H16Cl2N2/c1-3-10-4-6-11(7-5-10)19(2)15-9-13(17)12(16)8-14(15)18/h4-9H,3,18H2,1-2H3. The predicted molar refractivity (Wildman–Crippen MR) is 84.8 cm³/mol. The third-order valence-electron chi connectivity index (χ3n) is 3.16. The summed E-state index contributed by atoms with van der Waals surface area (Å²) in [5.74, 6) is 0. The monoisotopic (exact) mass is 294 g/mol. The highest BCUT2D eigenvalue weighted by Crippen LogP contribution is 2.35. The fourth-order valence-corrected chi connectivity index (χ4v) is 2.27. The van der Waals surface area contributed by atoms with Crippen molar-refractivity contribution in [3.63, 3.8) is 0 Å². The van der Waals surface area contributed by atoms with Crippen LogP contribution in [0.1, 0.15) is 12.5 Å². The largest absolute Gasteiger partial charge is 0.397 e. The van der Waals surface area contributed by atoms with E-state index in [1.807, 2.05) is 11.9 Å². The van der Waals surface area contributed by atoms with Gasteiger partial charge in [-0.2, -0.15) is 0 Å². The number of hydrogen-bond acceptors (Lipinski definition) is 2. The maximum Gasteiger partial charge on any atom is 0.0657 e. The van der Waals surface area contributed by atoms with E-state index in [1.54, 1.807) is 12.1 Å². The highest BCUT2D eigenvalue weighted by atomic mass is 35.5. The third-order valence-corrected chi connectivity index (χ3v) is 3.88. The topological polar surface area (TPSA) is 29.3 Å². The first-order valence-electron chi connectivity index (χ1n) is 6.10. The van der Waals surface area contributed by atoms with E-state index >= 15 is 0 Å². The summed E-state index contributed by atoms with van der Waals surface area (Å²) in [6, 6.07) is 11.8. The number of benzene rings is 2. The molecule has 100 valence electrons. The lowest BCUT2D eigenvalue weighted by molar-refractivity contribution is 1.13. The van der Waals surface area contributed by atoms with Crippen LogP contribution in [0.5, 0.6) is 0 Å². The molecular weight excluding hydrogens is 279 g/mol. The lowest BCUT2D eigenvalue weighted by atomic mass is 10.1. The first kappa shape index (κ1) is 14.0. The van der Waals surface area contributed by atoms with Crippen molar-refractivity contribution in [2.75, 3.05) is 17.7 Å². The number of nitrogen functional groups attached to an aromatic ring is 1. The maximum absolute atomic E-state index is 6.05. The minimum atomic E-state index is 0.470. The van der Waals surface area contributed by atoms with Crippen molar-refractivity contribution in [1.82, 2.24) is 0 Å². The van der Waals surface area contributed by atoms with Gasteiger partial charge in [0.2, 0.25) is 0 Å². The van der Waals surface area contributed by atoms with Crippen molar-refractivity contribution in [2.45, 2.75) is 13.3 Å². The molecule has 4 heteroatoms. The molecule has 2 nitrogen and oxygen atoms in total. The smallest absolute Gasteiger partial charge is 0.0657 e. The van der Waals surface area contributed by atoms with Crippen LogP contribution in [-0.4, -0.2) is 7.05 Å². The van der Waals surface area contributed by atoms with Crippen LogP contribution in [0.4, 0.5) is 17.1 Å². The minimum Gasteiger partial charge on any atom is -0.397 e. The van der Waals surface area contributed by atoms with Gasteiger partial charge in [-0.3, -0.25) is 0 Å². The molecule has 2 aromatic rings. The average molecular weight is 295 g/mol. The SMILES string of the molecule is CCc1ccc(N(C)c2cc(Cl)c(Cl)cc2N)cc1. The predicted octanol–water partition coefficient (Wildman–Crippen LogP) is 4.91. The first-order chi connectivity index (χ1) is 9.02. The van der Waals surface area contributed by atoms with E-state index in [-0.39, 0.29) is 0 Å². The first-order valence-corrected chi connectivity index (χ1v) is 6.85. The summed E-state index contributed by atoms with van der Waals surface area (Å²) >= 11 is 12.0. The second-order valence-corrected chi connectivity index (χ2v) is 5.22. The van der Waals surface area contributed by atoms with E-state index in [2.05, 4.69) is 31.2 Å². The molecule has 0 bridgehead atoms. The van der Waals surface area contributed by atoms with Crippen LogP contribution >= 0.6 is 23.2 Å².